The summed E-state index contributed by atoms with van der Waals surface area (Å²) in [6.45, 7) is 6.24. The molecule has 0 atom stereocenters. The molecule has 1 aromatic carbocycles. The van der Waals surface area contributed by atoms with E-state index in [1.165, 1.54) is 167 Å². The van der Waals surface area contributed by atoms with Crippen LogP contribution in [-0.4, -0.2) is 13.2 Å². The highest BCUT2D eigenvalue weighted by Crippen LogP contribution is 2.26. The topological polar surface area (TPSA) is 18.5 Å². The number of hydrogen-bond donors (Lipinski definition) is 0. The number of hydrogen-bond acceptors (Lipinski definition) is 2. The smallest absolute Gasteiger partial charge is 0.132 e. The molecule has 0 fully saturated rings. The first-order valence-corrected chi connectivity index (χ1v) is 19.4. The summed E-state index contributed by atoms with van der Waals surface area (Å²) in [5, 5.41) is 0. The Labute approximate surface area is 271 Å². The van der Waals surface area contributed by atoms with E-state index >= 15 is 0 Å². The minimum Gasteiger partial charge on any atom is -0.494 e. The zero-order valence-electron chi connectivity index (χ0n) is 27.6. The van der Waals surface area contributed by atoms with Crippen LogP contribution < -0.4 is 9.47 Å². The predicted octanol–water partition coefficient (Wildman–Crippen LogP) is 14.0. The van der Waals surface area contributed by atoms with Gasteiger partial charge in [-0.15, -0.1) is 0 Å². The van der Waals surface area contributed by atoms with Crippen LogP contribution in [-0.2, 0) is 0 Å². The normalized spacial score (nSPS) is 11.3. The molecule has 0 N–H and O–H groups in total. The van der Waals surface area contributed by atoms with Gasteiger partial charge in [-0.3, -0.25) is 0 Å². The summed E-state index contributed by atoms with van der Waals surface area (Å²) in [6, 6.07) is 6.30. The Morgan fingerprint density at radius 2 is 0.732 bits per heavy atom. The predicted molar refractivity (Wildman–Crippen MR) is 191 cm³/mol. The van der Waals surface area contributed by atoms with Crippen LogP contribution in [0.25, 0.3) is 0 Å². The Kier molecular flexibility index (Phi) is 29.2. The van der Waals surface area contributed by atoms with Crippen LogP contribution in [0.15, 0.2) is 18.2 Å². The first kappa shape index (κ1) is 38.6. The van der Waals surface area contributed by atoms with E-state index in [0.717, 1.165) is 41.1 Å². The minimum absolute atomic E-state index is 0.827. The van der Waals surface area contributed by atoms with Crippen LogP contribution in [0.2, 0.25) is 0 Å². The van der Waals surface area contributed by atoms with Crippen molar-refractivity contribution in [3.05, 3.63) is 21.8 Å². The lowest BCUT2D eigenvalue weighted by molar-refractivity contribution is 0.294. The van der Waals surface area contributed by atoms with Gasteiger partial charge in [0.15, 0.2) is 0 Å². The van der Waals surface area contributed by atoms with E-state index in [1.807, 2.05) is 0 Å². The second kappa shape index (κ2) is 31.0. The Bertz CT molecular complexity index is 662. The van der Waals surface area contributed by atoms with E-state index in [1.54, 1.807) is 0 Å². The van der Waals surface area contributed by atoms with Gasteiger partial charge in [-0.05, 0) is 53.6 Å². The van der Waals surface area contributed by atoms with Crippen LogP contribution in [0.3, 0.4) is 0 Å². The van der Waals surface area contributed by atoms with Crippen molar-refractivity contribution in [1.29, 1.82) is 0 Å². The molecule has 0 saturated heterocycles. The maximum absolute atomic E-state index is 6.07. The van der Waals surface area contributed by atoms with Gasteiger partial charge in [0.2, 0.25) is 0 Å². The zero-order chi connectivity index (χ0) is 29.5. The monoisotopic (exact) mass is 684 g/mol. The number of halogens is 1. The number of ether oxygens (including phenoxy) is 2. The molecule has 0 heterocycles. The molecule has 0 bridgehead atoms. The van der Waals surface area contributed by atoms with Crippen molar-refractivity contribution in [2.24, 2.45) is 0 Å². The molecular weight excluding hydrogens is 615 g/mol. The first-order chi connectivity index (χ1) is 20.3. The summed E-state index contributed by atoms with van der Waals surface area (Å²) >= 11 is 2.38. The summed E-state index contributed by atoms with van der Waals surface area (Å²) in [4.78, 5) is 0. The lowest BCUT2D eigenvalue weighted by Gasteiger charge is -2.11. The average molecular weight is 685 g/mol. The van der Waals surface area contributed by atoms with E-state index in [9.17, 15) is 0 Å². The van der Waals surface area contributed by atoms with Gasteiger partial charge in [0, 0.05) is 0 Å². The van der Waals surface area contributed by atoms with Crippen LogP contribution >= 0.6 is 22.6 Å². The Hall–Kier alpha value is -0.450. The highest BCUT2D eigenvalue weighted by Gasteiger charge is 2.04. The molecule has 41 heavy (non-hydrogen) atoms. The van der Waals surface area contributed by atoms with Crippen molar-refractivity contribution in [2.75, 3.05) is 13.2 Å². The molecule has 1 rings (SSSR count). The van der Waals surface area contributed by atoms with Crippen molar-refractivity contribution in [3.8, 4) is 11.5 Å². The number of benzene rings is 1. The molecule has 1 aromatic rings. The van der Waals surface area contributed by atoms with E-state index in [-0.39, 0.29) is 0 Å². The SMILES string of the molecule is CCCCCCCCCCCCCCCCOc1ccc(OCCCCCCCCCCCCCCCC)c(I)c1. The largest absolute Gasteiger partial charge is 0.494 e. The van der Waals surface area contributed by atoms with Crippen molar-refractivity contribution >= 4 is 22.6 Å². The lowest BCUT2D eigenvalue weighted by atomic mass is 10.0. The molecule has 0 unspecified atom stereocenters. The van der Waals surface area contributed by atoms with Gasteiger partial charge in [0.05, 0.1) is 16.8 Å². The van der Waals surface area contributed by atoms with Gasteiger partial charge in [0.1, 0.15) is 11.5 Å². The van der Waals surface area contributed by atoms with Crippen LogP contribution in [0.4, 0.5) is 0 Å². The van der Waals surface area contributed by atoms with Crippen LogP contribution in [0.5, 0.6) is 11.5 Å². The van der Waals surface area contributed by atoms with Gasteiger partial charge in [-0.25, -0.2) is 0 Å². The summed E-state index contributed by atoms with van der Waals surface area (Å²) in [5.74, 6) is 1.98. The molecule has 0 aliphatic heterocycles. The van der Waals surface area contributed by atoms with Crippen LogP contribution in [0.1, 0.15) is 194 Å². The minimum atomic E-state index is 0.827. The molecule has 0 aliphatic rings. The maximum Gasteiger partial charge on any atom is 0.132 e. The molecular formula is C38H69IO2. The Morgan fingerprint density at radius 1 is 0.415 bits per heavy atom. The van der Waals surface area contributed by atoms with Crippen molar-refractivity contribution in [1.82, 2.24) is 0 Å². The van der Waals surface area contributed by atoms with Gasteiger partial charge in [-0.2, -0.15) is 0 Å². The van der Waals surface area contributed by atoms with E-state index in [2.05, 4.69) is 54.6 Å². The van der Waals surface area contributed by atoms with Gasteiger partial charge in [-0.1, -0.05) is 181 Å². The molecule has 0 spiro atoms. The zero-order valence-corrected chi connectivity index (χ0v) is 29.8. The van der Waals surface area contributed by atoms with E-state index in [4.69, 9.17) is 9.47 Å². The quantitative estimate of drug-likeness (QED) is 0.0555. The fraction of sp³-hybridized carbons (Fsp3) is 0.842. The van der Waals surface area contributed by atoms with Gasteiger partial charge < -0.3 is 9.47 Å². The number of rotatable bonds is 32. The molecule has 0 aliphatic carbocycles. The molecule has 0 amide bonds. The lowest BCUT2D eigenvalue weighted by Crippen LogP contribution is -2.01. The third kappa shape index (κ3) is 25.7. The molecule has 2 nitrogen and oxygen atoms in total. The third-order valence-corrected chi connectivity index (χ3v) is 9.27. The molecule has 0 aromatic heterocycles. The van der Waals surface area contributed by atoms with Crippen molar-refractivity contribution in [2.45, 2.75) is 194 Å². The summed E-state index contributed by atoms with van der Waals surface area (Å²) in [5.41, 5.74) is 0. The molecule has 3 heteroatoms. The summed E-state index contributed by atoms with van der Waals surface area (Å²) in [6.07, 6.45) is 39.0. The highest BCUT2D eigenvalue weighted by molar-refractivity contribution is 14.1. The van der Waals surface area contributed by atoms with E-state index < -0.39 is 0 Å². The summed E-state index contributed by atoms with van der Waals surface area (Å²) in [7, 11) is 0. The third-order valence-electron chi connectivity index (χ3n) is 8.43. The van der Waals surface area contributed by atoms with Crippen molar-refractivity contribution < 1.29 is 9.47 Å². The molecule has 0 radical (unpaired) electrons. The fourth-order valence-corrected chi connectivity index (χ4v) is 6.30. The second-order valence-electron chi connectivity index (χ2n) is 12.5. The Balaban J connectivity index is 1.89. The van der Waals surface area contributed by atoms with Crippen molar-refractivity contribution in [3.63, 3.8) is 0 Å². The van der Waals surface area contributed by atoms with E-state index in [0.29, 0.717) is 0 Å². The maximum atomic E-state index is 6.07. The number of unbranched alkanes of at least 4 members (excludes halogenated alkanes) is 26. The van der Waals surface area contributed by atoms with Gasteiger partial charge in [0.25, 0.3) is 0 Å². The Morgan fingerprint density at radius 3 is 1.07 bits per heavy atom. The molecule has 240 valence electrons. The highest BCUT2D eigenvalue weighted by atomic mass is 127. The molecule has 0 saturated carbocycles. The average Bonchev–Trinajstić information content (AvgIpc) is 2.98. The summed E-state index contributed by atoms with van der Waals surface area (Å²) < 4.78 is 13.2. The fourth-order valence-electron chi connectivity index (χ4n) is 5.65. The second-order valence-corrected chi connectivity index (χ2v) is 13.6. The standard InChI is InChI=1S/C38H69IO2/c1-3-5-7-9-11-13-15-17-19-21-23-25-27-29-33-40-36-31-32-38(37(39)35-36)41-34-30-28-26-24-22-20-18-16-14-12-10-8-6-4-2/h31-32,35H,3-30,33-34H2,1-2H3. The first-order valence-electron chi connectivity index (χ1n) is 18.3. The van der Waals surface area contributed by atoms with Gasteiger partial charge >= 0.3 is 0 Å². The van der Waals surface area contributed by atoms with Crippen LogP contribution in [0, 0.1) is 3.57 Å².